The largest absolute Gasteiger partial charge is 0.468 e. The van der Waals surface area contributed by atoms with E-state index in [1.165, 1.54) is 0 Å². The minimum Gasteiger partial charge on any atom is -0.468 e. The van der Waals surface area contributed by atoms with Gasteiger partial charge in [-0.25, -0.2) is 4.68 Å². The Morgan fingerprint density at radius 2 is 2.38 bits per heavy atom. The third-order valence-corrected chi connectivity index (χ3v) is 2.36. The molecule has 0 aliphatic heterocycles. The lowest BCUT2D eigenvalue weighted by atomic mass is 10.4. The van der Waals surface area contributed by atoms with Crippen LogP contribution in [0.25, 0.3) is 0 Å². The van der Waals surface area contributed by atoms with E-state index in [-0.39, 0.29) is 0 Å². The molecule has 0 radical (unpaired) electrons. The van der Waals surface area contributed by atoms with Gasteiger partial charge in [-0.3, -0.25) is 0 Å². The second-order valence-electron chi connectivity index (χ2n) is 3.49. The van der Waals surface area contributed by atoms with E-state index >= 15 is 0 Å². The highest BCUT2D eigenvalue weighted by atomic mass is 16.5. The average Bonchev–Trinajstić information content (AvgIpc) is 2.87. The molecule has 2 heterocycles. The van der Waals surface area contributed by atoms with Gasteiger partial charge in [0, 0.05) is 6.54 Å². The lowest BCUT2D eigenvalue weighted by Gasteiger charge is -2.06. The normalized spacial score (nSPS) is 10.6. The van der Waals surface area contributed by atoms with Crippen LogP contribution < -0.4 is 10.5 Å². The van der Waals surface area contributed by atoms with Gasteiger partial charge in [0.2, 0.25) is 5.88 Å². The molecule has 0 bridgehead atoms. The highest BCUT2D eigenvalue weighted by molar-refractivity contribution is 5.52. The molecule has 2 aromatic rings. The van der Waals surface area contributed by atoms with Gasteiger partial charge in [0.1, 0.15) is 18.1 Å². The highest BCUT2D eigenvalue weighted by Crippen LogP contribution is 2.25. The molecule has 0 saturated heterocycles. The molecule has 0 amide bonds. The van der Waals surface area contributed by atoms with Gasteiger partial charge in [0.25, 0.3) is 0 Å². The lowest BCUT2D eigenvalue weighted by molar-refractivity contribution is 0.247. The van der Waals surface area contributed by atoms with Crippen LogP contribution in [0.4, 0.5) is 5.69 Å². The summed E-state index contributed by atoms with van der Waals surface area (Å²) in [5, 5.41) is 4.26. The summed E-state index contributed by atoms with van der Waals surface area (Å²) in [4.78, 5) is 0. The zero-order valence-corrected chi connectivity index (χ0v) is 9.43. The molecular formula is C11H15N3O2. The van der Waals surface area contributed by atoms with Crippen molar-refractivity contribution in [1.82, 2.24) is 9.78 Å². The van der Waals surface area contributed by atoms with Crippen molar-refractivity contribution in [2.75, 3.05) is 5.73 Å². The predicted octanol–water partition coefficient (Wildman–Crippen LogP) is 1.97. The Labute approximate surface area is 93.8 Å². The minimum absolute atomic E-state index is 0.363. The number of rotatable bonds is 4. The van der Waals surface area contributed by atoms with Crippen molar-refractivity contribution in [2.24, 2.45) is 0 Å². The maximum Gasteiger partial charge on any atom is 0.236 e. The zero-order valence-electron chi connectivity index (χ0n) is 9.43. The first-order valence-corrected chi connectivity index (χ1v) is 5.20. The van der Waals surface area contributed by atoms with Gasteiger partial charge in [-0.05, 0) is 26.0 Å². The van der Waals surface area contributed by atoms with E-state index in [0.717, 1.165) is 18.0 Å². The number of nitrogens with zero attached hydrogens (tertiary/aromatic N) is 2. The molecule has 0 spiro atoms. The number of anilines is 1. The van der Waals surface area contributed by atoms with Crippen molar-refractivity contribution >= 4 is 5.69 Å². The first-order valence-electron chi connectivity index (χ1n) is 5.20. The fourth-order valence-electron chi connectivity index (χ4n) is 1.47. The Morgan fingerprint density at radius 3 is 3.00 bits per heavy atom. The molecule has 5 heteroatoms. The fourth-order valence-corrected chi connectivity index (χ4v) is 1.47. The molecule has 0 aliphatic rings. The van der Waals surface area contributed by atoms with Crippen molar-refractivity contribution in [3.8, 4) is 5.88 Å². The standard InChI is InChI=1S/C11H15N3O2/c1-3-14-11(10(12)8(2)13-14)16-7-9-5-4-6-15-9/h4-6H,3,7,12H2,1-2H3. The topological polar surface area (TPSA) is 66.2 Å². The third kappa shape index (κ3) is 1.88. The van der Waals surface area contributed by atoms with E-state index in [1.54, 1.807) is 10.9 Å². The van der Waals surface area contributed by atoms with E-state index in [0.29, 0.717) is 18.2 Å². The Morgan fingerprint density at radius 1 is 1.56 bits per heavy atom. The molecule has 0 unspecified atom stereocenters. The van der Waals surface area contributed by atoms with Crippen LogP contribution in [-0.2, 0) is 13.2 Å². The van der Waals surface area contributed by atoms with Crippen LogP contribution in [0.1, 0.15) is 18.4 Å². The van der Waals surface area contributed by atoms with E-state index in [1.807, 2.05) is 26.0 Å². The molecule has 0 aliphatic carbocycles. The first kappa shape index (κ1) is 10.6. The van der Waals surface area contributed by atoms with E-state index in [9.17, 15) is 0 Å². The fraction of sp³-hybridized carbons (Fsp3) is 0.364. The summed E-state index contributed by atoms with van der Waals surface area (Å²) in [6.45, 7) is 4.95. The van der Waals surface area contributed by atoms with Gasteiger partial charge in [0.05, 0.1) is 12.0 Å². The molecule has 2 rings (SSSR count). The molecule has 2 N–H and O–H groups in total. The molecule has 0 fully saturated rings. The van der Waals surface area contributed by atoms with Crippen molar-refractivity contribution in [3.63, 3.8) is 0 Å². The summed E-state index contributed by atoms with van der Waals surface area (Å²) < 4.78 is 12.5. The van der Waals surface area contributed by atoms with Gasteiger partial charge in [-0.2, -0.15) is 5.10 Å². The molecule has 0 aromatic carbocycles. The van der Waals surface area contributed by atoms with Gasteiger partial charge >= 0.3 is 0 Å². The number of hydrogen-bond donors (Lipinski definition) is 1. The summed E-state index contributed by atoms with van der Waals surface area (Å²) in [5.41, 5.74) is 7.26. The van der Waals surface area contributed by atoms with Crippen LogP contribution >= 0.6 is 0 Å². The van der Waals surface area contributed by atoms with E-state index < -0.39 is 0 Å². The summed E-state index contributed by atoms with van der Waals surface area (Å²) in [7, 11) is 0. The Kier molecular flexibility index (Phi) is 2.85. The SMILES string of the molecule is CCn1nc(C)c(N)c1OCc1ccco1. The maximum atomic E-state index is 5.88. The van der Waals surface area contributed by atoms with Crippen LogP contribution in [0.5, 0.6) is 5.88 Å². The number of hydrogen-bond acceptors (Lipinski definition) is 4. The number of aromatic nitrogens is 2. The Hall–Kier alpha value is -1.91. The summed E-state index contributed by atoms with van der Waals surface area (Å²) in [6.07, 6.45) is 1.62. The molecule has 0 atom stereocenters. The number of aryl methyl sites for hydroxylation is 2. The zero-order chi connectivity index (χ0) is 11.5. The average molecular weight is 221 g/mol. The number of nitrogen functional groups attached to an aromatic ring is 1. The molecular weight excluding hydrogens is 206 g/mol. The molecule has 0 saturated carbocycles. The number of ether oxygens (including phenoxy) is 1. The van der Waals surface area contributed by atoms with Crippen LogP contribution in [0.3, 0.4) is 0 Å². The van der Waals surface area contributed by atoms with Crippen LogP contribution in [0, 0.1) is 6.92 Å². The van der Waals surface area contributed by atoms with Crippen molar-refractivity contribution in [1.29, 1.82) is 0 Å². The monoisotopic (exact) mass is 221 g/mol. The summed E-state index contributed by atoms with van der Waals surface area (Å²) in [5.74, 6) is 1.37. The van der Waals surface area contributed by atoms with E-state index in [4.69, 9.17) is 14.9 Å². The lowest BCUT2D eigenvalue weighted by Crippen LogP contribution is -2.04. The quantitative estimate of drug-likeness (QED) is 0.857. The second-order valence-corrected chi connectivity index (χ2v) is 3.49. The summed E-state index contributed by atoms with van der Waals surface area (Å²) in [6, 6.07) is 3.68. The number of furan rings is 1. The number of nitrogens with two attached hydrogens (primary N) is 1. The van der Waals surface area contributed by atoms with Crippen molar-refractivity contribution < 1.29 is 9.15 Å². The maximum absolute atomic E-state index is 5.88. The Balaban J connectivity index is 2.14. The molecule has 86 valence electrons. The van der Waals surface area contributed by atoms with Crippen LogP contribution in [0.2, 0.25) is 0 Å². The summed E-state index contributed by atoms with van der Waals surface area (Å²) >= 11 is 0. The molecule has 16 heavy (non-hydrogen) atoms. The van der Waals surface area contributed by atoms with E-state index in [2.05, 4.69) is 5.10 Å². The second kappa shape index (κ2) is 4.30. The van der Waals surface area contributed by atoms with Gasteiger partial charge in [-0.15, -0.1) is 0 Å². The Bertz CT molecular complexity index is 460. The minimum atomic E-state index is 0.363. The van der Waals surface area contributed by atoms with Crippen molar-refractivity contribution in [3.05, 3.63) is 29.9 Å². The van der Waals surface area contributed by atoms with Gasteiger partial charge in [-0.1, -0.05) is 0 Å². The first-order chi connectivity index (χ1) is 7.72. The van der Waals surface area contributed by atoms with Crippen LogP contribution in [-0.4, -0.2) is 9.78 Å². The van der Waals surface area contributed by atoms with Crippen LogP contribution in [0.15, 0.2) is 22.8 Å². The molecule has 5 nitrogen and oxygen atoms in total. The van der Waals surface area contributed by atoms with Gasteiger partial charge in [0.15, 0.2) is 0 Å². The smallest absolute Gasteiger partial charge is 0.236 e. The van der Waals surface area contributed by atoms with Crippen molar-refractivity contribution in [2.45, 2.75) is 27.0 Å². The van der Waals surface area contributed by atoms with Gasteiger partial charge < -0.3 is 14.9 Å². The molecule has 2 aromatic heterocycles. The third-order valence-electron chi connectivity index (χ3n) is 2.36. The predicted molar refractivity (Wildman–Crippen MR) is 60.1 cm³/mol. The highest BCUT2D eigenvalue weighted by Gasteiger charge is 2.13.